The van der Waals surface area contributed by atoms with Crippen LogP contribution in [-0.4, -0.2) is 44.2 Å². The molecule has 1 unspecified atom stereocenters. The summed E-state index contributed by atoms with van der Waals surface area (Å²) in [5.74, 6) is -4.02. The molecule has 33 heavy (non-hydrogen) atoms. The first kappa shape index (κ1) is 23.6. The molecule has 1 amide bonds. The molecular weight excluding hydrogens is 435 g/mol. The Morgan fingerprint density at radius 1 is 1.03 bits per heavy atom. The minimum absolute atomic E-state index is 0.0289. The number of carboxylic acids is 1. The molecule has 1 aliphatic rings. The Labute approximate surface area is 187 Å². The highest BCUT2D eigenvalue weighted by molar-refractivity contribution is 6.46. The van der Waals surface area contributed by atoms with Crippen LogP contribution in [0.15, 0.2) is 54.1 Å². The van der Waals surface area contributed by atoms with Crippen molar-refractivity contribution in [2.24, 2.45) is 0 Å². The van der Waals surface area contributed by atoms with Crippen molar-refractivity contribution in [3.8, 4) is 0 Å². The highest BCUT2D eigenvalue weighted by Gasteiger charge is 2.47. The van der Waals surface area contributed by atoms with Gasteiger partial charge in [0, 0.05) is 24.6 Å². The summed E-state index contributed by atoms with van der Waals surface area (Å²) in [6, 6.07) is 9.01. The Hall–Kier alpha value is -4.08. The number of nitro groups is 1. The van der Waals surface area contributed by atoms with E-state index in [-0.39, 0.29) is 35.4 Å². The van der Waals surface area contributed by atoms with E-state index >= 15 is 0 Å². The summed E-state index contributed by atoms with van der Waals surface area (Å²) in [4.78, 5) is 48.6. The number of carboxylic acid groups (broad SMARTS) is 1. The molecule has 2 aromatic rings. The standard InChI is InChI=1S/C23H21FN2O7/c24-15-11-9-14(10-12-15)21(29)19-20(16-6-3-4-7-17(16)26(32)33)25(23(31)22(19)30)13-5-1-2-8-18(27)28/h3-4,6-7,9-12,20,29H,1-2,5,8,13H2,(H,27,28)/b21-19+. The third kappa shape index (κ3) is 5.05. The van der Waals surface area contributed by atoms with E-state index in [0.717, 1.165) is 17.0 Å². The maximum absolute atomic E-state index is 13.3. The molecule has 10 heteroatoms. The highest BCUT2D eigenvalue weighted by Crippen LogP contribution is 2.42. The Kier molecular flexibility index (Phi) is 7.17. The summed E-state index contributed by atoms with van der Waals surface area (Å²) in [6.07, 6.45) is 1.13. The van der Waals surface area contributed by atoms with Crippen molar-refractivity contribution in [1.82, 2.24) is 4.90 Å². The van der Waals surface area contributed by atoms with E-state index in [2.05, 4.69) is 0 Å². The van der Waals surface area contributed by atoms with E-state index in [0.29, 0.717) is 19.3 Å². The minimum Gasteiger partial charge on any atom is -0.507 e. The smallest absolute Gasteiger partial charge is 0.303 e. The first-order chi connectivity index (χ1) is 15.7. The first-order valence-corrected chi connectivity index (χ1v) is 10.2. The van der Waals surface area contributed by atoms with Gasteiger partial charge >= 0.3 is 5.97 Å². The van der Waals surface area contributed by atoms with Gasteiger partial charge in [0.15, 0.2) is 0 Å². The lowest BCUT2D eigenvalue weighted by Gasteiger charge is -2.25. The molecule has 0 aliphatic carbocycles. The van der Waals surface area contributed by atoms with Crippen LogP contribution in [0.25, 0.3) is 5.76 Å². The van der Waals surface area contributed by atoms with Gasteiger partial charge in [-0.25, -0.2) is 4.39 Å². The first-order valence-electron chi connectivity index (χ1n) is 10.2. The average Bonchev–Trinajstić information content (AvgIpc) is 3.03. The van der Waals surface area contributed by atoms with Gasteiger partial charge in [-0.2, -0.15) is 0 Å². The van der Waals surface area contributed by atoms with Crippen LogP contribution in [0.3, 0.4) is 0 Å². The molecule has 2 aromatic carbocycles. The van der Waals surface area contributed by atoms with E-state index in [9.17, 15) is 34.0 Å². The number of aliphatic hydroxyl groups is 1. The summed E-state index contributed by atoms with van der Waals surface area (Å²) < 4.78 is 13.3. The molecule has 172 valence electrons. The van der Waals surface area contributed by atoms with Crippen LogP contribution in [0, 0.1) is 15.9 Å². The SMILES string of the molecule is O=C(O)CCCCCN1C(=O)C(=O)/C(=C(/O)c2ccc(F)cc2)C1c1ccccc1[N+](=O)[O-]. The number of hydrogen-bond donors (Lipinski definition) is 2. The van der Waals surface area contributed by atoms with E-state index in [1.807, 2.05) is 0 Å². The van der Waals surface area contributed by atoms with Gasteiger partial charge in [-0.05, 0) is 43.2 Å². The summed E-state index contributed by atoms with van der Waals surface area (Å²) in [5.41, 5.74) is -0.521. The van der Waals surface area contributed by atoms with Crippen LogP contribution in [0.2, 0.25) is 0 Å². The molecule has 1 fully saturated rings. The molecule has 0 radical (unpaired) electrons. The van der Waals surface area contributed by atoms with Gasteiger partial charge in [0.05, 0.1) is 22.1 Å². The van der Waals surface area contributed by atoms with Gasteiger partial charge in [-0.15, -0.1) is 0 Å². The lowest BCUT2D eigenvalue weighted by molar-refractivity contribution is -0.385. The van der Waals surface area contributed by atoms with Gasteiger partial charge in [0.25, 0.3) is 17.4 Å². The van der Waals surface area contributed by atoms with Crippen LogP contribution in [0.5, 0.6) is 0 Å². The van der Waals surface area contributed by atoms with Crippen LogP contribution in [-0.2, 0) is 14.4 Å². The maximum Gasteiger partial charge on any atom is 0.303 e. The number of amides is 1. The number of nitrogens with zero attached hydrogens (tertiary/aromatic N) is 2. The zero-order valence-corrected chi connectivity index (χ0v) is 17.4. The summed E-state index contributed by atoms with van der Waals surface area (Å²) in [7, 11) is 0. The molecule has 0 bridgehead atoms. The number of likely N-dealkylation sites (tertiary alicyclic amines) is 1. The number of nitro benzene ring substituents is 1. The summed E-state index contributed by atoms with van der Waals surface area (Å²) >= 11 is 0. The fraction of sp³-hybridized carbons (Fsp3) is 0.261. The minimum atomic E-state index is -1.23. The third-order valence-corrected chi connectivity index (χ3v) is 5.38. The molecule has 9 nitrogen and oxygen atoms in total. The molecule has 2 N–H and O–H groups in total. The largest absolute Gasteiger partial charge is 0.507 e. The number of unbranched alkanes of at least 4 members (excludes halogenated alkanes) is 2. The summed E-state index contributed by atoms with van der Waals surface area (Å²) in [5, 5.41) is 31.3. The Morgan fingerprint density at radius 3 is 2.33 bits per heavy atom. The number of aliphatic carboxylic acids is 1. The molecule has 1 atom stereocenters. The normalized spacial score (nSPS) is 17.4. The second-order valence-electron chi connectivity index (χ2n) is 7.52. The topological polar surface area (TPSA) is 138 Å². The predicted molar refractivity (Wildman–Crippen MR) is 115 cm³/mol. The number of rotatable bonds is 9. The second kappa shape index (κ2) is 10.0. The molecule has 0 spiro atoms. The van der Waals surface area contributed by atoms with Crippen LogP contribution in [0.1, 0.15) is 42.9 Å². The van der Waals surface area contributed by atoms with Crippen molar-refractivity contribution in [3.63, 3.8) is 0 Å². The van der Waals surface area contributed by atoms with Gasteiger partial charge in [0.1, 0.15) is 11.6 Å². The van der Waals surface area contributed by atoms with Gasteiger partial charge in [-0.1, -0.05) is 18.6 Å². The fourth-order valence-corrected chi connectivity index (χ4v) is 3.82. The Balaban J connectivity index is 2.06. The zero-order valence-electron chi connectivity index (χ0n) is 17.4. The van der Waals surface area contributed by atoms with E-state index in [4.69, 9.17) is 5.11 Å². The number of para-hydroxylation sites is 1. The Bertz CT molecular complexity index is 1130. The van der Waals surface area contributed by atoms with Crippen molar-refractivity contribution >= 4 is 29.1 Å². The van der Waals surface area contributed by atoms with Crippen molar-refractivity contribution in [2.75, 3.05) is 6.54 Å². The van der Waals surface area contributed by atoms with Crippen LogP contribution < -0.4 is 0 Å². The van der Waals surface area contributed by atoms with E-state index in [1.54, 1.807) is 0 Å². The van der Waals surface area contributed by atoms with Crippen LogP contribution >= 0.6 is 0 Å². The number of Topliss-reactive ketones (excluding diaryl/α,β-unsaturated/α-hetero) is 1. The molecule has 1 aliphatic heterocycles. The third-order valence-electron chi connectivity index (χ3n) is 5.38. The van der Waals surface area contributed by atoms with Gasteiger partial charge in [-0.3, -0.25) is 24.5 Å². The van der Waals surface area contributed by atoms with E-state index in [1.165, 1.54) is 36.4 Å². The van der Waals surface area contributed by atoms with Crippen molar-refractivity contribution < 1.29 is 33.9 Å². The number of ketones is 1. The fourth-order valence-electron chi connectivity index (χ4n) is 3.82. The number of carbonyl (C=O) groups is 3. The molecule has 0 aromatic heterocycles. The number of hydrogen-bond acceptors (Lipinski definition) is 6. The van der Waals surface area contributed by atoms with Gasteiger partial charge < -0.3 is 15.1 Å². The molecule has 1 saturated heterocycles. The quantitative estimate of drug-likeness (QED) is 0.146. The molecule has 3 rings (SSSR count). The lowest BCUT2D eigenvalue weighted by atomic mass is 9.94. The summed E-state index contributed by atoms with van der Waals surface area (Å²) in [6.45, 7) is 0.0289. The van der Waals surface area contributed by atoms with Crippen molar-refractivity contribution in [3.05, 3.63) is 81.2 Å². The van der Waals surface area contributed by atoms with E-state index < -0.39 is 40.2 Å². The van der Waals surface area contributed by atoms with Crippen molar-refractivity contribution in [2.45, 2.75) is 31.7 Å². The number of halogens is 1. The maximum atomic E-state index is 13.3. The van der Waals surface area contributed by atoms with Crippen molar-refractivity contribution in [1.29, 1.82) is 0 Å². The number of carbonyl (C=O) groups excluding carboxylic acids is 2. The average molecular weight is 456 g/mol. The van der Waals surface area contributed by atoms with Gasteiger partial charge in [0.2, 0.25) is 0 Å². The lowest BCUT2D eigenvalue weighted by Crippen LogP contribution is -2.31. The molecule has 1 heterocycles. The van der Waals surface area contributed by atoms with Crippen LogP contribution in [0.4, 0.5) is 10.1 Å². The second-order valence-corrected chi connectivity index (χ2v) is 7.52. The monoisotopic (exact) mass is 456 g/mol. The number of benzene rings is 2. The zero-order chi connectivity index (χ0) is 24.1. The Morgan fingerprint density at radius 2 is 1.70 bits per heavy atom. The molecule has 0 saturated carbocycles. The number of aliphatic hydroxyl groups excluding tert-OH is 1. The molecular formula is C23H21FN2O7. The predicted octanol–water partition coefficient (Wildman–Crippen LogP) is 3.80. The highest BCUT2D eigenvalue weighted by atomic mass is 19.1.